The summed E-state index contributed by atoms with van der Waals surface area (Å²) in [5.41, 5.74) is 2.14. The van der Waals surface area contributed by atoms with Crippen LogP contribution in [-0.2, 0) is 24.3 Å². The summed E-state index contributed by atoms with van der Waals surface area (Å²) in [5, 5.41) is 2.76. The number of aromatic nitrogens is 4. The van der Waals surface area contributed by atoms with Gasteiger partial charge in [0.2, 0.25) is 5.91 Å². The fourth-order valence-electron chi connectivity index (χ4n) is 5.76. The van der Waals surface area contributed by atoms with E-state index in [1.165, 1.54) is 30.8 Å². The second kappa shape index (κ2) is 8.65. The average Bonchev–Trinajstić information content (AvgIpc) is 3.53. The highest BCUT2D eigenvalue weighted by atomic mass is 16.2. The summed E-state index contributed by atoms with van der Waals surface area (Å²) in [6, 6.07) is 7.60. The smallest absolute Gasteiger partial charge is 0.332 e. The van der Waals surface area contributed by atoms with Crippen molar-refractivity contribution < 1.29 is 4.79 Å². The number of imidazole rings is 1. The highest BCUT2D eigenvalue weighted by molar-refractivity contribution is 5.88. The van der Waals surface area contributed by atoms with Crippen molar-refractivity contribution in [2.24, 2.45) is 11.8 Å². The first-order valence-electron chi connectivity index (χ1n) is 12.0. The molecule has 1 amide bonds. The first kappa shape index (κ1) is 21.7. The fourth-order valence-corrected chi connectivity index (χ4v) is 5.76. The maximum absolute atomic E-state index is 13.3. The summed E-state index contributed by atoms with van der Waals surface area (Å²) in [7, 11) is 0. The Labute approximate surface area is 192 Å². The Morgan fingerprint density at radius 1 is 1.12 bits per heavy atom. The van der Waals surface area contributed by atoms with Crippen LogP contribution in [0.5, 0.6) is 0 Å². The summed E-state index contributed by atoms with van der Waals surface area (Å²) in [4.78, 5) is 45.8. The average molecular weight is 450 g/mol. The third kappa shape index (κ3) is 4.03. The van der Waals surface area contributed by atoms with E-state index in [9.17, 15) is 14.4 Å². The molecule has 0 spiro atoms. The standard InChI is InChI=1S/C25H31N5O3/c1-3-11-30-24(32)21-23(28-22(27-21)20-14-17-4-7-18(20)13-17)29(25(30)33)12-10-16-5-8-19(9-6-16)26-15(2)31/h5-6,8-9,17-18,20H,3-4,7,10-14H2,1-2H3,(H,26,31)(H,27,28). The highest BCUT2D eigenvalue weighted by Gasteiger charge is 2.41. The number of hydrogen-bond donors (Lipinski definition) is 2. The molecular weight excluding hydrogens is 418 g/mol. The van der Waals surface area contributed by atoms with E-state index in [0.29, 0.717) is 48.9 Å². The van der Waals surface area contributed by atoms with E-state index in [1.54, 1.807) is 4.57 Å². The second-order valence-corrected chi connectivity index (χ2v) is 9.62. The molecular formula is C25H31N5O3. The molecule has 8 nitrogen and oxygen atoms in total. The third-order valence-electron chi connectivity index (χ3n) is 7.31. The third-order valence-corrected chi connectivity index (χ3v) is 7.31. The van der Waals surface area contributed by atoms with Crippen LogP contribution < -0.4 is 16.6 Å². The molecule has 0 radical (unpaired) electrons. The molecule has 2 bridgehead atoms. The van der Waals surface area contributed by atoms with Crippen LogP contribution in [0.3, 0.4) is 0 Å². The lowest BCUT2D eigenvalue weighted by molar-refractivity contribution is -0.114. The van der Waals surface area contributed by atoms with Crippen molar-refractivity contribution in [1.82, 2.24) is 19.1 Å². The minimum atomic E-state index is -0.296. The largest absolute Gasteiger partial charge is 0.336 e. The minimum Gasteiger partial charge on any atom is -0.336 e. The van der Waals surface area contributed by atoms with Gasteiger partial charge in [-0.05, 0) is 61.6 Å². The Balaban J connectivity index is 1.49. The first-order chi connectivity index (χ1) is 15.9. The van der Waals surface area contributed by atoms with Crippen LogP contribution in [0.2, 0.25) is 0 Å². The van der Waals surface area contributed by atoms with Crippen LogP contribution in [0, 0.1) is 11.8 Å². The highest BCUT2D eigenvalue weighted by Crippen LogP contribution is 2.52. The number of aromatic amines is 1. The Morgan fingerprint density at radius 2 is 1.91 bits per heavy atom. The molecule has 3 aromatic rings. The van der Waals surface area contributed by atoms with Gasteiger partial charge in [-0.25, -0.2) is 9.78 Å². The van der Waals surface area contributed by atoms with Crippen LogP contribution in [0.4, 0.5) is 5.69 Å². The summed E-state index contributed by atoms with van der Waals surface area (Å²) in [6.07, 6.45) is 6.24. The van der Waals surface area contributed by atoms with Crippen LogP contribution in [0.15, 0.2) is 33.9 Å². The van der Waals surface area contributed by atoms with Gasteiger partial charge < -0.3 is 10.3 Å². The fraction of sp³-hybridized carbons (Fsp3) is 0.520. The molecule has 0 aliphatic heterocycles. The van der Waals surface area contributed by atoms with E-state index in [-0.39, 0.29) is 17.2 Å². The summed E-state index contributed by atoms with van der Waals surface area (Å²) in [6.45, 7) is 4.26. The van der Waals surface area contributed by atoms with Gasteiger partial charge >= 0.3 is 5.69 Å². The predicted octanol–water partition coefficient (Wildman–Crippen LogP) is 3.40. The number of rotatable bonds is 7. The maximum atomic E-state index is 13.3. The quantitative estimate of drug-likeness (QED) is 0.577. The topological polar surface area (TPSA) is 102 Å². The van der Waals surface area contributed by atoms with Gasteiger partial charge in [-0.15, -0.1) is 0 Å². The Bertz CT molecular complexity index is 1300. The Kier molecular flexibility index (Phi) is 5.68. The van der Waals surface area contributed by atoms with E-state index in [1.807, 2.05) is 31.2 Å². The lowest BCUT2D eigenvalue weighted by Crippen LogP contribution is -2.40. The number of carbonyl (C=O) groups is 1. The number of aryl methyl sites for hydroxylation is 2. The number of H-pyrrole nitrogens is 1. The molecule has 33 heavy (non-hydrogen) atoms. The molecule has 5 rings (SSSR count). The lowest BCUT2D eigenvalue weighted by Gasteiger charge is -2.18. The number of anilines is 1. The summed E-state index contributed by atoms with van der Waals surface area (Å²) < 4.78 is 2.99. The van der Waals surface area contributed by atoms with Crippen LogP contribution in [0.1, 0.15) is 63.3 Å². The number of fused-ring (bicyclic) bond motifs is 3. The van der Waals surface area contributed by atoms with Crippen molar-refractivity contribution in [3.63, 3.8) is 0 Å². The van der Waals surface area contributed by atoms with Crippen LogP contribution in [0.25, 0.3) is 11.2 Å². The molecule has 2 fully saturated rings. The maximum Gasteiger partial charge on any atom is 0.332 e. The number of carbonyl (C=O) groups excluding carboxylic acids is 1. The van der Waals surface area contributed by atoms with Gasteiger partial charge in [0.1, 0.15) is 11.3 Å². The van der Waals surface area contributed by atoms with Gasteiger partial charge in [-0.2, -0.15) is 0 Å². The predicted molar refractivity (Wildman–Crippen MR) is 128 cm³/mol. The number of nitrogens with zero attached hydrogens (tertiary/aromatic N) is 3. The van der Waals surface area contributed by atoms with Crippen molar-refractivity contribution in [2.75, 3.05) is 5.32 Å². The molecule has 8 heteroatoms. The zero-order valence-corrected chi connectivity index (χ0v) is 19.3. The molecule has 2 aliphatic carbocycles. The SMILES string of the molecule is CCCn1c(=O)c2[nH]c(C3CC4CCC3C4)nc2n(CCc2ccc(NC(C)=O)cc2)c1=O. The number of amides is 1. The first-order valence-corrected chi connectivity index (χ1v) is 12.0. The van der Waals surface area contributed by atoms with Crippen LogP contribution in [-0.4, -0.2) is 25.0 Å². The zero-order chi connectivity index (χ0) is 23.1. The van der Waals surface area contributed by atoms with Crippen LogP contribution >= 0.6 is 0 Å². The Morgan fingerprint density at radius 3 is 2.55 bits per heavy atom. The second-order valence-electron chi connectivity index (χ2n) is 9.62. The monoisotopic (exact) mass is 449 g/mol. The van der Waals surface area contributed by atoms with E-state index in [2.05, 4.69) is 10.3 Å². The zero-order valence-electron chi connectivity index (χ0n) is 19.3. The molecule has 0 saturated heterocycles. The minimum absolute atomic E-state index is 0.111. The van der Waals surface area contributed by atoms with Crippen molar-refractivity contribution in [2.45, 2.75) is 71.4 Å². The molecule has 2 saturated carbocycles. The van der Waals surface area contributed by atoms with Gasteiger partial charge in [0.15, 0.2) is 5.65 Å². The lowest BCUT2D eigenvalue weighted by atomic mass is 9.88. The van der Waals surface area contributed by atoms with Gasteiger partial charge in [0, 0.05) is 31.6 Å². The molecule has 2 aliphatic rings. The van der Waals surface area contributed by atoms with Crippen molar-refractivity contribution >= 4 is 22.8 Å². The molecule has 174 valence electrons. The molecule has 2 heterocycles. The van der Waals surface area contributed by atoms with Crippen molar-refractivity contribution in [3.8, 4) is 0 Å². The molecule has 3 unspecified atom stereocenters. The summed E-state index contributed by atoms with van der Waals surface area (Å²) >= 11 is 0. The molecule has 1 aromatic carbocycles. The van der Waals surface area contributed by atoms with E-state index < -0.39 is 0 Å². The number of nitrogens with one attached hydrogen (secondary N) is 2. The molecule has 3 atom stereocenters. The summed E-state index contributed by atoms with van der Waals surface area (Å²) in [5.74, 6) is 2.53. The van der Waals surface area contributed by atoms with E-state index in [0.717, 1.165) is 29.4 Å². The van der Waals surface area contributed by atoms with Gasteiger partial charge in [-0.3, -0.25) is 18.7 Å². The Hall–Kier alpha value is -3.16. The van der Waals surface area contributed by atoms with Gasteiger partial charge in [0.25, 0.3) is 5.56 Å². The normalized spacial score (nSPS) is 21.7. The number of benzene rings is 1. The van der Waals surface area contributed by atoms with Gasteiger partial charge in [0.05, 0.1) is 0 Å². The van der Waals surface area contributed by atoms with Crippen molar-refractivity contribution in [1.29, 1.82) is 0 Å². The molecule has 2 aromatic heterocycles. The number of hydrogen-bond acceptors (Lipinski definition) is 4. The van der Waals surface area contributed by atoms with Gasteiger partial charge in [-0.1, -0.05) is 25.5 Å². The van der Waals surface area contributed by atoms with E-state index in [4.69, 9.17) is 4.98 Å². The van der Waals surface area contributed by atoms with Crippen molar-refractivity contribution in [3.05, 3.63) is 56.5 Å². The molecule has 2 N–H and O–H groups in total. The van der Waals surface area contributed by atoms with E-state index >= 15 is 0 Å².